The lowest BCUT2D eigenvalue weighted by Crippen LogP contribution is -2.44. The first kappa shape index (κ1) is 16.0. The highest BCUT2D eigenvalue weighted by Crippen LogP contribution is 2.30. The van der Waals surface area contributed by atoms with E-state index >= 15 is 0 Å². The lowest BCUT2D eigenvalue weighted by molar-refractivity contribution is 0.0880. The van der Waals surface area contributed by atoms with Gasteiger partial charge in [-0.1, -0.05) is 18.5 Å². The minimum absolute atomic E-state index is 0.198. The van der Waals surface area contributed by atoms with Gasteiger partial charge < -0.3 is 0 Å². The van der Waals surface area contributed by atoms with E-state index in [1.807, 2.05) is 6.07 Å². The predicted octanol–water partition coefficient (Wildman–Crippen LogP) is 4.87. The highest BCUT2D eigenvalue weighted by molar-refractivity contribution is 7.18. The molecule has 0 aliphatic carbocycles. The number of hydrogen-bond donors (Lipinski definition) is 0. The van der Waals surface area contributed by atoms with Crippen molar-refractivity contribution in [3.8, 4) is 0 Å². The standard InChI is InChI=1S/C16H24ClNOS/c1-12-5-4-9-18(16(2,3)11-12)10-8-13(19)14-6-7-15(17)20-14/h6-7,12H,4-5,8-11H2,1-3H3. The number of carbonyl (C=O) groups is 1. The van der Waals surface area contributed by atoms with Gasteiger partial charge in [-0.3, -0.25) is 9.69 Å². The van der Waals surface area contributed by atoms with Crippen molar-refractivity contribution in [3.63, 3.8) is 0 Å². The summed E-state index contributed by atoms with van der Waals surface area (Å²) in [5, 5.41) is 0. The first-order chi connectivity index (χ1) is 9.38. The molecule has 1 fully saturated rings. The Kier molecular flexibility index (Phi) is 5.27. The van der Waals surface area contributed by atoms with Gasteiger partial charge in [0.15, 0.2) is 5.78 Å². The number of thiophene rings is 1. The van der Waals surface area contributed by atoms with Crippen molar-refractivity contribution in [2.75, 3.05) is 13.1 Å². The Morgan fingerprint density at radius 3 is 2.90 bits per heavy atom. The number of hydrogen-bond acceptors (Lipinski definition) is 3. The van der Waals surface area contributed by atoms with E-state index in [-0.39, 0.29) is 11.3 Å². The summed E-state index contributed by atoms with van der Waals surface area (Å²) in [6.07, 6.45) is 4.35. The molecular formula is C16H24ClNOS. The summed E-state index contributed by atoms with van der Waals surface area (Å²) in [6.45, 7) is 8.91. The molecule has 2 heterocycles. The van der Waals surface area contributed by atoms with Crippen LogP contribution in [0.2, 0.25) is 4.34 Å². The van der Waals surface area contributed by atoms with Crippen LogP contribution in [0.3, 0.4) is 0 Å². The molecule has 1 unspecified atom stereocenters. The van der Waals surface area contributed by atoms with Gasteiger partial charge in [0.05, 0.1) is 9.21 Å². The number of likely N-dealkylation sites (tertiary alicyclic amines) is 1. The average molecular weight is 314 g/mol. The summed E-state index contributed by atoms with van der Waals surface area (Å²) >= 11 is 7.28. The minimum Gasteiger partial charge on any atom is -0.298 e. The molecule has 0 amide bonds. The number of Topliss-reactive ketones (excluding diaryl/α,β-unsaturated/α-hetero) is 1. The second-order valence-electron chi connectivity index (χ2n) is 6.53. The molecule has 1 aromatic rings. The van der Waals surface area contributed by atoms with Gasteiger partial charge in [0.25, 0.3) is 0 Å². The zero-order valence-electron chi connectivity index (χ0n) is 12.6. The van der Waals surface area contributed by atoms with Gasteiger partial charge >= 0.3 is 0 Å². The molecule has 1 aromatic heterocycles. The third-order valence-corrected chi connectivity index (χ3v) is 5.56. The van der Waals surface area contributed by atoms with Gasteiger partial charge in [-0.15, -0.1) is 11.3 Å². The topological polar surface area (TPSA) is 20.3 Å². The molecule has 0 spiro atoms. The highest BCUT2D eigenvalue weighted by atomic mass is 35.5. The quantitative estimate of drug-likeness (QED) is 0.739. The van der Waals surface area contributed by atoms with E-state index < -0.39 is 0 Å². The summed E-state index contributed by atoms with van der Waals surface area (Å²) < 4.78 is 0.692. The summed E-state index contributed by atoms with van der Waals surface area (Å²) in [7, 11) is 0. The maximum Gasteiger partial charge on any atom is 0.174 e. The zero-order valence-corrected chi connectivity index (χ0v) is 14.2. The number of rotatable bonds is 4. The van der Waals surface area contributed by atoms with Gasteiger partial charge in [0.2, 0.25) is 0 Å². The SMILES string of the molecule is CC1CCCN(CCC(=O)c2ccc(Cl)s2)C(C)(C)C1. The van der Waals surface area contributed by atoms with Gasteiger partial charge in [-0.25, -0.2) is 0 Å². The van der Waals surface area contributed by atoms with E-state index in [0.717, 1.165) is 23.9 Å². The third kappa shape index (κ3) is 4.06. The predicted molar refractivity (Wildman–Crippen MR) is 86.9 cm³/mol. The minimum atomic E-state index is 0.198. The van der Waals surface area contributed by atoms with E-state index in [0.29, 0.717) is 10.8 Å². The lowest BCUT2D eigenvalue weighted by atomic mass is 9.90. The molecule has 20 heavy (non-hydrogen) atoms. The molecule has 4 heteroatoms. The number of nitrogens with zero attached hydrogens (tertiary/aromatic N) is 1. The second-order valence-corrected chi connectivity index (χ2v) is 8.24. The molecule has 0 bridgehead atoms. The Morgan fingerprint density at radius 1 is 1.50 bits per heavy atom. The molecule has 0 aromatic carbocycles. The Hall–Kier alpha value is -0.380. The molecule has 1 aliphatic rings. The fourth-order valence-corrected chi connectivity index (χ4v) is 4.27. The van der Waals surface area contributed by atoms with Crippen molar-refractivity contribution in [1.82, 2.24) is 4.90 Å². The Balaban J connectivity index is 1.93. The van der Waals surface area contributed by atoms with Crippen LogP contribution in [-0.4, -0.2) is 29.3 Å². The van der Waals surface area contributed by atoms with E-state index in [4.69, 9.17) is 11.6 Å². The monoisotopic (exact) mass is 313 g/mol. The van der Waals surface area contributed by atoms with Crippen molar-refractivity contribution < 1.29 is 4.79 Å². The molecule has 0 radical (unpaired) electrons. The molecular weight excluding hydrogens is 290 g/mol. The fourth-order valence-electron chi connectivity index (χ4n) is 3.26. The van der Waals surface area contributed by atoms with E-state index in [1.165, 1.54) is 30.6 Å². The van der Waals surface area contributed by atoms with Crippen LogP contribution in [0.25, 0.3) is 0 Å². The van der Waals surface area contributed by atoms with Gasteiger partial charge in [0, 0.05) is 18.5 Å². The number of ketones is 1. The van der Waals surface area contributed by atoms with Crippen molar-refractivity contribution in [1.29, 1.82) is 0 Å². The van der Waals surface area contributed by atoms with Crippen LogP contribution in [-0.2, 0) is 0 Å². The van der Waals surface area contributed by atoms with Crippen LogP contribution in [0.1, 0.15) is 56.1 Å². The lowest BCUT2D eigenvalue weighted by Gasteiger charge is -2.38. The first-order valence-corrected chi connectivity index (χ1v) is 8.61. The van der Waals surface area contributed by atoms with Crippen LogP contribution in [0, 0.1) is 5.92 Å². The van der Waals surface area contributed by atoms with Crippen LogP contribution < -0.4 is 0 Å². The number of carbonyl (C=O) groups excluding carboxylic acids is 1. The van der Waals surface area contributed by atoms with Crippen LogP contribution in [0.5, 0.6) is 0 Å². The summed E-state index contributed by atoms with van der Waals surface area (Å²) in [6, 6.07) is 3.64. The van der Waals surface area contributed by atoms with Crippen molar-refractivity contribution >= 4 is 28.7 Å². The number of halogens is 1. The zero-order chi connectivity index (χ0) is 14.8. The van der Waals surface area contributed by atoms with Gasteiger partial charge in [0.1, 0.15) is 0 Å². The average Bonchev–Trinajstić information content (AvgIpc) is 2.73. The second kappa shape index (κ2) is 6.59. The van der Waals surface area contributed by atoms with E-state index in [2.05, 4.69) is 25.7 Å². The molecule has 112 valence electrons. The maximum absolute atomic E-state index is 12.2. The van der Waals surface area contributed by atoms with Crippen LogP contribution in [0.4, 0.5) is 0 Å². The van der Waals surface area contributed by atoms with Crippen molar-refractivity contribution in [2.45, 2.75) is 52.0 Å². The Labute approximate surface area is 131 Å². The largest absolute Gasteiger partial charge is 0.298 e. The van der Waals surface area contributed by atoms with Gasteiger partial charge in [-0.05, 0) is 57.7 Å². The highest BCUT2D eigenvalue weighted by Gasteiger charge is 2.31. The molecule has 2 nitrogen and oxygen atoms in total. The molecule has 1 saturated heterocycles. The molecule has 1 aliphatic heterocycles. The summed E-state index contributed by atoms with van der Waals surface area (Å²) in [4.78, 5) is 15.5. The summed E-state index contributed by atoms with van der Waals surface area (Å²) in [5.41, 5.74) is 0.198. The van der Waals surface area contributed by atoms with Gasteiger partial charge in [-0.2, -0.15) is 0 Å². The molecule has 2 rings (SSSR count). The maximum atomic E-state index is 12.2. The van der Waals surface area contributed by atoms with Crippen molar-refractivity contribution in [3.05, 3.63) is 21.3 Å². The summed E-state index contributed by atoms with van der Waals surface area (Å²) in [5.74, 6) is 0.997. The molecule has 1 atom stereocenters. The smallest absolute Gasteiger partial charge is 0.174 e. The Morgan fingerprint density at radius 2 is 2.25 bits per heavy atom. The van der Waals surface area contributed by atoms with Crippen LogP contribution in [0.15, 0.2) is 12.1 Å². The van der Waals surface area contributed by atoms with E-state index in [1.54, 1.807) is 6.07 Å². The molecule has 0 N–H and O–H groups in total. The first-order valence-electron chi connectivity index (χ1n) is 7.42. The Bertz CT molecular complexity index is 469. The van der Waals surface area contributed by atoms with E-state index in [9.17, 15) is 4.79 Å². The fraction of sp³-hybridized carbons (Fsp3) is 0.688. The van der Waals surface area contributed by atoms with Crippen molar-refractivity contribution in [2.24, 2.45) is 5.92 Å². The van der Waals surface area contributed by atoms with Crippen LogP contribution >= 0.6 is 22.9 Å². The molecule has 0 saturated carbocycles. The third-order valence-electron chi connectivity index (χ3n) is 4.29. The normalized spacial score (nSPS) is 23.5.